The predicted molar refractivity (Wildman–Crippen MR) is 290 cm³/mol. The topological polar surface area (TPSA) is 21.3 Å². The van der Waals surface area contributed by atoms with Crippen molar-refractivity contribution >= 4 is 60.8 Å². The van der Waals surface area contributed by atoms with Crippen LogP contribution in [0.3, 0.4) is 0 Å². The van der Waals surface area contributed by atoms with Gasteiger partial charge in [-0.1, -0.05) is 188 Å². The Kier molecular flexibility index (Phi) is 9.84. The highest BCUT2D eigenvalue weighted by atomic mass is 16.3. The van der Waals surface area contributed by atoms with Gasteiger partial charge >= 0.3 is 0 Å². The molecule has 0 fully saturated rings. The molecular formula is C66H44N2O. The molecule has 0 spiro atoms. The molecule has 0 bridgehead atoms. The Balaban J connectivity index is 0.843. The summed E-state index contributed by atoms with van der Waals surface area (Å²) in [6, 6.07) is 96.0. The van der Waals surface area contributed by atoms with E-state index in [1.54, 1.807) is 0 Å². The quantitative estimate of drug-likeness (QED) is 0.144. The van der Waals surface area contributed by atoms with E-state index >= 15 is 0 Å². The van der Waals surface area contributed by atoms with E-state index in [0.29, 0.717) is 0 Å². The third-order valence-corrected chi connectivity index (χ3v) is 13.6. The van der Waals surface area contributed by atoms with Gasteiger partial charge < -0.3 is 13.9 Å². The lowest BCUT2D eigenvalue weighted by molar-refractivity contribution is 0.669. The van der Waals surface area contributed by atoms with E-state index in [4.69, 9.17) is 4.42 Å². The van der Waals surface area contributed by atoms with Gasteiger partial charge in [0.05, 0.1) is 11.0 Å². The molecule has 324 valence electrons. The molecule has 2 heterocycles. The van der Waals surface area contributed by atoms with Crippen molar-refractivity contribution in [2.75, 3.05) is 4.90 Å². The van der Waals surface area contributed by atoms with Crippen molar-refractivity contribution in [1.29, 1.82) is 0 Å². The van der Waals surface area contributed by atoms with Crippen LogP contribution in [0, 0.1) is 0 Å². The summed E-state index contributed by atoms with van der Waals surface area (Å²) in [5.41, 5.74) is 20.4. The first-order chi connectivity index (χ1) is 34.2. The number of rotatable bonds is 9. The van der Waals surface area contributed by atoms with E-state index in [1.807, 2.05) is 12.1 Å². The number of para-hydroxylation sites is 3. The maximum absolute atomic E-state index is 6.21. The average Bonchev–Trinajstić information content (AvgIpc) is 3.98. The van der Waals surface area contributed by atoms with Gasteiger partial charge in [-0.15, -0.1) is 0 Å². The third-order valence-electron chi connectivity index (χ3n) is 13.6. The molecule has 0 unspecified atom stereocenters. The van der Waals surface area contributed by atoms with Crippen LogP contribution in [0.15, 0.2) is 271 Å². The van der Waals surface area contributed by atoms with Crippen LogP contribution < -0.4 is 4.90 Å². The lowest BCUT2D eigenvalue weighted by atomic mass is 9.97. The van der Waals surface area contributed by atoms with Gasteiger partial charge in [-0.3, -0.25) is 0 Å². The van der Waals surface area contributed by atoms with Gasteiger partial charge in [0.1, 0.15) is 11.2 Å². The summed E-state index contributed by atoms with van der Waals surface area (Å²) in [7, 11) is 0. The summed E-state index contributed by atoms with van der Waals surface area (Å²) in [5, 5.41) is 4.81. The number of hydrogen-bond acceptors (Lipinski definition) is 2. The van der Waals surface area contributed by atoms with Gasteiger partial charge in [-0.05, 0) is 134 Å². The van der Waals surface area contributed by atoms with Gasteiger partial charge in [-0.2, -0.15) is 0 Å². The second kappa shape index (κ2) is 16.9. The maximum atomic E-state index is 6.21. The van der Waals surface area contributed by atoms with Crippen molar-refractivity contribution in [2.45, 2.75) is 0 Å². The Bertz CT molecular complexity index is 3920. The molecule has 0 aliphatic carbocycles. The molecular weight excluding hydrogens is 837 g/mol. The van der Waals surface area contributed by atoms with Gasteiger partial charge in [0.15, 0.2) is 0 Å². The molecule has 0 N–H and O–H groups in total. The highest BCUT2D eigenvalue weighted by Crippen LogP contribution is 2.41. The number of benzene rings is 11. The van der Waals surface area contributed by atoms with Gasteiger partial charge in [0.2, 0.25) is 0 Å². The molecule has 0 saturated heterocycles. The van der Waals surface area contributed by atoms with Crippen LogP contribution in [0.4, 0.5) is 17.1 Å². The van der Waals surface area contributed by atoms with E-state index in [-0.39, 0.29) is 0 Å². The molecule has 3 heteroatoms. The average molecular weight is 881 g/mol. The molecule has 0 aliphatic rings. The monoisotopic (exact) mass is 880 g/mol. The summed E-state index contributed by atoms with van der Waals surface area (Å²) < 4.78 is 8.59. The van der Waals surface area contributed by atoms with Crippen molar-refractivity contribution in [1.82, 2.24) is 4.57 Å². The second-order valence-corrected chi connectivity index (χ2v) is 17.7. The van der Waals surface area contributed by atoms with Gasteiger partial charge in [0.25, 0.3) is 0 Å². The fourth-order valence-corrected chi connectivity index (χ4v) is 10.2. The minimum absolute atomic E-state index is 0.907. The molecule has 13 rings (SSSR count). The summed E-state index contributed by atoms with van der Waals surface area (Å²) in [5.74, 6) is 0. The molecule has 0 radical (unpaired) electrons. The van der Waals surface area contributed by atoms with Crippen LogP contribution in [0.5, 0.6) is 0 Å². The van der Waals surface area contributed by atoms with Gasteiger partial charge in [0, 0.05) is 44.3 Å². The van der Waals surface area contributed by atoms with E-state index in [0.717, 1.165) is 66.9 Å². The molecule has 2 aromatic heterocycles. The first-order valence-electron chi connectivity index (χ1n) is 23.6. The lowest BCUT2D eigenvalue weighted by Gasteiger charge is -2.26. The number of fused-ring (bicyclic) bond motifs is 6. The molecule has 0 saturated carbocycles. The predicted octanol–water partition coefficient (Wildman–Crippen LogP) is 18.5. The zero-order chi connectivity index (χ0) is 45.7. The number of anilines is 3. The highest BCUT2D eigenvalue weighted by Gasteiger charge is 2.17. The van der Waals surface area contributed by atoms with Crippen molar-refractivity contribution in [3.63, 3.8) is 0 Å². The SMILES string of the molecule is c1ccc(-c2cccc(-c3ccc(N(c4ccc(-c5ccc(-c6cccc7oc8ccccc8c67)cc5)cc4)c4ccc(-c5cccc(-n6c7ccccc7c7ccccc76)c5)cc4)cc3)c2)cc1. The minimum atomic E-state index is 0.907. The number of aromatic nitrogens is 1. The standard InChI is InChI=1S/C66H44N2O/c1-2-13-45(14-3-1)51-15-10-16-52(43-51)48-33-39-55(40-34-48)67(54-37-31-47(32-38-54)46-27-29-50(30-28-46)58-22-12-26-65-66(58)61-21-6-9-25-64(61)69-65)56-41-35-49(36-42-56)53-17-11-18-57(44-53)68-62-23-7-4-19-59(62)60-20-5-8-24-63(60)68/h1-44H. The molecule has 3 nitrogen and oxygen atoms in total. The molecule has 0 atom stereocenters. The number of hydrogen-bond donors (Lipinski definition) is 0. The fraction of sp³-hybridized carbons (Fsp3) is 0. The van der Waals surface area contributed by atoms with Crippen LogP contribution in [-0.4, -0.2) is 4.57 Å². The van der Waals surface area contributed by atoms with E-state index in [2.05, 4.69) is 264 Å². The Morgan fingerprint density at radius 1 is 0.275 bits per heavy atom. The van der Waals surface area contributed by atoms with Crippen LogP contribution in [-0.2, 0) is 0 Å². The zero-order valence-electron chi connectivity index (χ0n) is 37.7. The minimum Gasteiger partial charge on any atom is -0.456 e. The Morgan fingerprint density at radius 2 is 0.681 bits per heavy atom. The van der Waals surface area contributed by atoms with Crippen molar-refractivity contribution in [3.05, 3.63) is 267 Å². The third kappa shape index (κ3) is 7.25. The van der Waals surface area contributed by atoms with Crippen molar-refractivity contribution in [2.24, 2.45) is 0 Å². The molecule has 11 aromatic carbocycles. The zero-order valence-corrected chi connectivity index (χ0v) is 37.7. The second-order valence-electron chi connectivity index (χ2n) is 17.7. The fourth-order valence-electron chi connectivity index (χ4n) is 10.2. The number of furan rings is 1. The highest BCUT2D eigenvalue weighted by molar-refractivity contribution is 6.12. The van der Waals surface area contributed by atoms with Crippen LogP contribution in [0.2, 0.25) is 0 Å². The summed E-state index contributed by atoms with van der Waals surface area (Å²) in [6.07, 6.45) is 0. The Hall–Kier alpha value is -9.18. The molecule has 69 heavy (non-hydrogen) atoms. The van der Waals surface area contributed by atoms with Crippen LogP contribution in [0.25, 0.3) is 105 Å². The molecule has 13 aromatic rings. The van der Waals surface area contributed by atoms with E-state index in [1.165, 1.54) is 55.2 Å². The summed E-state index contributed by atoms with van der Waals surface area (Å²) in [6.45, 7) is 0. The molecule has 0 aliphatic heterocycles. The first-order valence-corrected chi connectivity index (χ1v) is 23.6. The summed E-state index contributed by atoms with van der Waals surface area (Å²) in [4.78, 5) is 2.35. The normalized spacial score (nSPS) is 11.5. The van der Waals surface area contributed by atoms with Gasteiger partial charge in [-0.25, -0.2) is 0 Å². The first kappa shape index (κ1) is 40.1. The van der Waals surface area contributed by atoms with Crippen LogP contribution in [0.1, 0.15) is 0 Å². The van der Waals surface area contributed by atoms with E-state index < -0.39 is 0 Å². The maximum Gasteiger partial charge on any atom is 0.136 e. The van der Waals surface area contributed by atoms with Crippen molar-refractivity contribution < 1.29 is 4.42 Å². The Labute approximate surface area is 401 Å². The summed E-state index contributed by atoms with van der Waals surface area (Å²) >= 11 is 0. The smallest absolute Gasteiger partial charge is 0.136 e. The number of nitrogens with zero attached hydrogens (tertiary/aromatic N) is 2. The molecule has 0 amide bonds. The van der Waals surface area contributed by atoms with Crippen molar-refractivity contribution in [3.8, 4) is 61.3 Å². The van der Waals surface area contributed by atoms with Crippen LogP contribution >= 0.6 is 0 Å². The van der Waals surface area contributed by atoms with E-state index in [9.17, 15) is 0 Å². The largest absolute Gasteiger partial charge is 0.456 e. The lowest BCUT2D eigenvalue weighted by Crippen LogP contribution is -2.09. The Morgan fingerprint density at radius 3 is 1.28 bits per heavy atom.